The van der Waals surface area contributed by atoms with Crippen molar-refractivity contribution in [3.05, 3.63) is 70.2 Å². The number of ether oxygens (including phenoxy) is 1. The van der Waals surface area contributed by atoms with Crippen LogP contribution in [0.1, 0.15) is 15.9 Å². The highest BCUT2D eigenvalue weighted by Crippen LogP contribution is 2.18. The van der Waals surface area contributed by atoms with Crippen LogP contribution in [0, 0.1) is 0 Å². The molecule has 2 aromatic carbocycles. The molecule has 6 heteroatoms. The molecule has 0 radical (unpaired) electrons. The summed E-state index contributed by atoms with van der Waals surface area (Å²) in [5.74, 6) is -0.301. The minimum atomic E-state index is -0.253. The van der Waals surface area contributed by atoms with Gasteiger partial charge in [0.25, 0.3) is 5.91 Å². The summed E-state index contributed by atoms with van der Waals surface area (Å²) in [5.41, 5.74) is 2.06. The maximum Gasteiger partial charge on any atom is 0.254 e. The summed E-state index contributed by atoms with van der Waals surface area (Å²) in [6, 6.07) is 14.6. The molecule has 0 aromatic heterocycles. The monoisotopic (exact) mass is 414 g/mol. The number of benzene rings is 2. The predicted octanol–water partition coefficient (Wildman–Crippen LogP) is 3.57. The van der Waals surface area contributed by atoms with Gasteiger partial charge in [0.15, 0.2) is 0 Å². The zero-order valence-electron chi connectivity index (χ0n) is 14.2. The number of morpholine rings is 1. The zero-order chi connectivity index (χ0) is 18.4. The van der Waals surface area contributed by atoms with Crippen molar-refractivity contribution < 1.29 is 14.3 Å². The Kier molecular flexibility index (Phi) is 6.20. The van der Waals surface area contributed by atoms with Crippen molar-refractivity contribution in [2.45, 2.75) is 0 Å². The van der Waals surface area contributed by atoms with Crippen LogP contribution >= 0.6 is 15.9 Å². The van der Waals surface area contributed by atoms with E-state index in [1.807, 2.05) is 24.3 Å². The Balaban J connectivity index is 1.65. The molecule has 3 rings (SSSR count). The van der Waals surface area contributed by atoms with Gasteiger partial charge in [0.2, 0.25) is 5.91 Å². The lowest BCUT2D eigenvalue weighted by Crippen LogP contribution is -2.40. The first kappa shape index (κ1) is 18.4. The molecule has 1 aliphatic heterocycles. The van der Waals surface area contributed by atoms with Gasteiger partial charge in [-0.05, 0) is 35.9 Å². The maximum absolute atomic E-state index is 12.5. The fraction of sp³-hybridized carbons (Fsp3) is 0.200. The van der Waals surface area contributed by atoms with Crippen molar-refractivity contribution in [1.29, 1.82) is 0 Å². The Morgan fingerprint density at radius 2 is 1.85 bits per heavy atom. The van der Waals surface area contributed by atoms with E-state index in [-0.39, 0.29) is 11.8 Å². The van der Waals surface area contributed by atoms with E-state index in [0.717, 1.165) is 10.0 Å². The quantitative estimate of drug-likeness (QED) is 0.777. The Bertz CT molecular complexity index is 829. The number of hydrogen-bond donors (Lipinski definition) is 1. The van der Waals surface area contributed by atoms with Gasteiger partial charge in [-0.1, -0.05) is 40.2 Å². The summed E-state index contributed by atoms with van der Waals surface area (Å²) in [6.45, 7) is 2.29. The average Bonchev–Trinajstić information content (AvgIpc) is 2.68. The smallest absolute Gasteiger partial charge is 0.254 e. The molecule has 2 aromatic rings. The fourth-order valence-electron chi connectivity index (χ4n) is 2.64. The summed E-state index contributed by atoms with van der Waals surface area (Å²) in [6.07, 6.45) is 3.21. The third-order valence-electron chi connectivity index (χ3n) is 3.99. The predicted molar refractivity (Wildman–Crippen MR) is 105 cm³/mol. The Hall–Kier alpha value is -2.44. The Labute approximate surface area is 160 Å². The van der Waals surface area contributed by atoms with E-state index in [1.54, 1.807) is 35.2 Å². The zero-order valence-corrected chi connectivity index (χ0v) is 15.7. The molecular weight excluding hydrogens is 396 g/mol. The van der Waals surface area contributed by atoms with Gasteiger partial charge < -0.3 is 15.0 Å². The second-order valence-corrected chi connectivity index (χ2v) is 6.68. The van der Waals surface area contributed by atoms with Crippen molar-refractivity contribution in [1.82, 2.24) is 4.90 Å². The minimum absolute atomic E-state index is 0.0480. The number of amides is 2. The van der Waals surface area contributed by atoms with E-state index in [4.69, 9.17) is 4.74 Å². The SMILES string of the molecule is O=C(/C=C/c1ccccc1Br)Nc1cccc(C(=O)N2CCOCC2)c1. The number of carbonyl (C=O) groups excluding carboxylic acids is 2. The molecule has 1 heterocycles. The van der Waals surface area contributed by atoms with Crippen LogP contribution in [0.3, 0.4) is 0 Å². The molecule has 5 nitrogen and oxygen atoms in total. The van der Waals surface area contributed by atoms with Gasteiger partial charge in [-0.15, -0.1) is 0 Å². The standard InChI is InChI=1S/C20H19BrN2O3/c21-18-7-2-1-4-15(18)8-9-19(24)22-17-6-3-5-16(14-17)20(25)23-10-12-26-13-11-23/h1-9,14H,10-13H2,(H,22,24)/b9-8+. The number of nitrogens with zero attached hydrogens (tertiary/aromatic N) is 1. The highest BCUT2D eigenvalue weighted by Gasteiger charge is 2.18. The van der Waals surface area contributed by atoms with E-state index in [9.17, 15) is 9.59 Å². The van der Waals surface area contributed by atoms with Crippen LogP contribution < -0.4 is 5.32 Å². The first-order chi connectivity index (χ1) is 12.6. The van der Waals surface area contributed by atoms with Crippen LogP contribution in [-0.4, -0.2) is 43.0 Å². The van der Waals surface area contributed by atoms with Gasteiger partial charge in [0.05, 0.1) is 13.2 Å². The normalized spacial score (nSPS) is 14.4. The van der Waals surface area contributed by atoms with E-state index < -0.39 is 0 Å². The molecule has 26 heavy (non-hydrogen) atoms. The first-order valence-electron chi connectivity index (χ1n) is 8.34. The van der Waals surface area contributed by atoms with Gasteiger partial charge in [-0.25, -0.2) is 0 Å². The van der Waals surface area contributed by atoms with Crippen molar-refractivity contribution in [2.24, 2.45) is 0 Å². The lowest BCUT2D eigenvalue weighted by molar-refractivity contribution is -0.111. The number of nitrogens with one attached hydrogen (secondary N) is 1. The van der Waals surface area contributed by atoms with Crippen LogP contribution in [0.5, 0.6) is 0 Å². The molecule has 0 atom stereocenters. The molecule has 0 bridgehead atoms. The minimum Gasteiger partial charge on any atom is -0.378 e. The van der Waals surface area contributed by atoms with Crippen molar-refractivity contribution >= 4 is 39.5 Å². The Morgan fingerprint density at radius 1 is 1.08 bits per heavy atom. The summed E-state index contributed by atoms with van der Waals surface area (Å²) in [7, 11) is 0. The highest BCUT2D eigenvalue weighted by molar-refractivity contribution is 9.10. The van der Waals surface area contributed by atoms with E-state index in [0.29, 0.717) is 37.6 Å². The van der Waals surface area contributed by atoms with Gasteiger partial charge in [0.1, 0.15) is 0 Å². The molecule has 1 fully saturated rings. The van der Waals surface area contributed by atoms with Gasteiger partial charge in [-0.3, -0.25) is 9.59 Å². The summed E-state index contributed by atoms with van der Waals surface area (Å²) < 4.78 is 6.19. The first-order valence-corrected chi connectivity index (χ1v) is 9.13. The van der Waals surface area contributed by atoms with E-state index in [2.05, 4.69) is 21.2 Å². The van der Waals surface area contributed by atoms with Crippen LogP contribution in [0.2, 0.25) is 0 Å². The summed E-state index contributed by atoms with van der Waals surface area (Å²) >= 11 is 3.44. The second kappa shape index (κ2) is 8.78. The molecule has 1 aliphatic rings. The fourth-order valence-corrected chi connectivity index (χ4v) is 3.06. The molecule has 0 unspecified atom stereocenters. The molecule has 1 N–H and O–H groups in total. The van der Waals surface area contributed by atoms with Crippen molar-refractivity contribution in [3.8, 4) is 0 Å². The molecular formula is C20H19BrN2O3. The highest BCUT2D eigenvalue weighted by atomic mass is 79.9. The maximum atomic E-state index is 12.5. The third kappa shape index (κ3) is 4.80. The average molecular weight is 415 g/mol. The topological polar surface area (TPSA) is 58.6 Å². The molecule has 134 valence electrons. The van der Waals surface area contributed by atoms with Crippen molar-refractivity contribution in [3.63, 3.8) is 0 Å². The largest absolute Gasteiger partial charge is 0.378 e. The number of anilines is 1. The molecule has 1 saturated heterocycles. The molecule has 0 spiro atoms. The number of carbonyl (C=O) groups is 2. The van der Waals surface area contributed by atoms with E-state index in [1.165, 1.54) is 6.08 Å². The third-order valence-corrected chi connectivity index (χ3v) is 4.72. The van der Waals surface area contributed by atoms with Crippen LogP contribution in [0.4, 0.5) is 5.69 Å². The van der Waals surface area contributed by atoms with Crippen LogP contribution in [0.25, 0.3) is 6.08 Å². The van der Waals surface area contributed by atoms with Gasteiger partial charge in [-0.2, -0.15) is 0 Å². The summed E-state index contributed by atoms with van der Waals surface area (Å²) in [5, 5.41) is 2.79. The lowest BCUT2D eigenvalue weighted by atomic mass is 10.1. The molecule has 2 amide bonds. The summed E-state index contributed by atoms with van der Waals surface area (Å²) in [4.78, 5) is 26.4. The van der Waals surface area contributed by atoms with Crippen LogP contribution in [-0.2, 0) is 9.53 Å². The Morgan fingerprint density at radius 3 is 2.62 bits per heavy atom. The number of halogens is 1. The molecule has 0 aliphatic carbocycles. The van der Waals surface area contributed by atoms with Crippen molar-refractivity contribution in [2.75, 3.05) is 31.6 Å². The molecule has 0 saturated carbocycles. The van der Waals surface area contributed by atoms with Gasteiger partial charge >= 0.3 is 0 Å². The second-order valence-electron chi connectivity index (χ2n) is 5.83. The van der Waals surface area contributed by atoms with Crippen LogP contribution in [0.15, 0.2) is 59.1 Å². The number of hydrogen-bond acceptors (Lipinski definition) is 3. The number of rotatable bonds is 4. The lowest BCUT2D eigenvalue weighted by Gasteiger charge is -2.27. The van der Waals surface area contributed by atoms with Gasteiger partial charge in [0, 0.05) is 34.9 Å². The van der Waals surface area contributed by atoms with E-state index >= 15 is 0 Å².